The topological polar surface area (TPSA) is 55.5 Å². The standard InChI is InChI=1S/C20H31N5.HI/c1-15-6-4-8-18-19(15)17(13-23-18)9-10-22-20(21-2)24-12-16-7-5-11-25(3)14-16;/h4,6,8,13,16,23H,5,7,9-12,14H2,1-3H3,(H2,21,22,24);1H. The summed E-state index contributed by atoms with van der Waals surface area (Å²) in [5.74, 6) is 1.62. The van der Waals surface area contributed by atoms with Crippen LogP contribution in [0.15, 0.2) is 29.4 Å². The van der Waals surface area contributed by atoms with E-state index in [2.05, 4.69) is 63.9 Å². The van der Waals surface area contributed by atoms with Gasteiger partial charge in [0.2, 0.25) is 0 Å². The lowest BCUT2D eigenvalue weighted by Gasteiger charge is -2.30. The van der Waals surface area contributed by atoms with Gasteiger partial charge in [0.15, 0.2) is 5.96 Å². The van der Waals surface area contributed by atoms with Crippen LogP contribution in [0.2, 0.25) is 0 Å². The van der Waals surface area contributed by atoms with E-state index >= 15 is 0 Å². The number of fused-ring (bicyclic) bond motifs is 1. The second-order valence-electron chi connectivity index (χ2n) is 7.21. The van der Waals surface area contributed by atoms with Crippen molar-refractivity contribution in [1.82, 2.24) is 20.5 Å². The lowest BCUT2D eigenvalue weighted by atomic mass is 9.99. The van der Waals surface area contributed by atoms with Gasteiger partial charge < -0.3 is 20.5 Å². The number of aromatic nitrogens is 1. The van der Waals surface area contributed by atoms with Crippen LogP contribution in [0.4, 0.5) is 0 Å². The van der Waals surface area contributed by atoms with Crippen LogP contribution in [-0.2, 0) is 6.42 Å². The Kier molecular flexibility index (Phi) is 8.21. The number of piperidine rings is 1. The Hall–Kier alpha value is -1.28. The second-order valence-corrected chi connectivity index (χ2v) is 7.21. The van der Waals surface area contributed by atoms with Gasteiger partial charge in [-0.15, -0.1) is 24.0 Å². The number of aliphatic imine (C=N–C) groups is 1. The average molecular weight is 469 g/mol. The zero-order chi connectivity index (χ0) is 17.6. The van der Waals surface area contributed by atoms with Gasteiger partial charge in [-0.25, -0.2) is 0 Å². The molecule has 1 fully saturated rings. The molecular formula is C20H32IN5. The molecule has 1 aromatic heterocycles. The van der Waals surface area contributed by atoms with Crippen molar-refractivity contribution in [2.24, 2.45) is 10.9 Å². The first-order valence-corrected chi connectivity index (χ1v) is 9.36. The Morgan fingerprint density at radius 3 is 2.96 bits per heavy atom. The van der Waals surface area contributed by atoms with Crippen LogP contribution in [0.3, 0.4) is 0 Å². The van der Waals surface area contributed by atoms with E-state index in [9.17, 15) is 0 Å². The van der Waals surface area contributed by atoms with Crippen molar-refractivity contribution in [2.45, 2.75) is 26.2 Å². The highest BCUT2D eigenvalue weighted by Crippen LogP contribution is 2.22. The van der Waals surface area contributed by atoms with Gasteiger partial charge in [-0.3, -0.25) is 4.99 Å². The number of hydrogen-bond donors (Lipinski definition) is 3. The summed E-state index contributed by atoms with van der Waals surface area (Å²) in [6.45, 7) is 6.46. The van der Waals surface area contributed by atoms with E-state index in [0.717, 1.165) is 25.5 Å². The third-order valence-electron chi connectivity index (χ3n) is 5.19. The quantitative estimate of drug-likeness (QED) is 0.358. The monoisotopic (exact) mass is 469 g/mol. The molecule has 5 nitrogen and oxygen atoms in total. The van der Waals surface area contributed by atoms with Crippen molar-refractivity contribution in [3.8, 4) is 0 Å². The fraction of sp³-hybridized carbons (Fsp3) is 0.550. The summed E-state index contributed by atoms with van der Waals surface area (Å²) < 4.78 is 0. The lowest BCUT2D eigenvalue weighted by Crippen LogP contribution is -2.44. The number of nitrogens with zero attached hydrogens (tertiary/aromatic N) is 2. The van der Waals surface area contributed by atoms with E-state index in [1.165, 1.54) is 48.0 Å². The van der Waals surface area contributed by atoms with E-state index in [1.807, 2.05) is 7.05 Å². The molecule has 1 saturated heterocycles. The van der Waals surface area contributed by atoms with Crippen LogP contribution in [0, 0.1) is 12.8 Å². The van der Waals surface area contributed by atoms with E-state index in [1.54, 1.807) is 0 Å². The van der Waals surface area contributed by atoms with Crippen LogP contribution in [0.5, 0.6) is 0 Å². The maximum absolute atomic E-state index is 4.36. The van der Waals surface area contributed by atoms with E-state index < -0.39 is 0 Å². The van der Waals surface area contributed by atoms with Crippen LogP contribution >= 0.6 is 24.0 Å². The Bertz CT molecular complexity index is 724. The molecule has 144 valence electrons. The maximum atomic E-state index is 4.36. The molecule has 3 N–H and O–H groups in total. The number of benzene rings is 1. The minimum absolute atomic E-state index is 0. The van der Waals surface area contributed by atoms with Crippen molar-refractivity contribution < 1.29 is 0 Å². The number of H-pyrrole nitrogens is 1. The molecule has 0 bridgehead atoms. The summed E-state index contributed by atoms with van der Waals surface area (Å²) in [4.78, 5) is 10.2. The molecule has 1 aliphatic heterocycles. The number of guanidine groups is 1. The molecular weight excluding hydrogens is 437 g/mol. The highest BCUT2D eigenvalue weighted by Gasteiger charge is 2.17. The summed E-state index contributed by atoms with van der Waals surface area (Å²) in [5.41, 5.74) is 3.92. The summed E-state index contributed by atoms with van der Waals surface area (Å²) in [6.07, 6.45) is 5.73. The zero-order valence-corrected chi connectivity index (χ0v) is 18.5. The van der Waals surface area contributed by atoms with Gasteiger partial charge in [-0.2, -0.15) is 0 Å². The van der Waals surface area contributed by atoms with Crippen molar-refractivity contribution in [3.05, 3.63) is 35.5 Å². The Morgan fingerprint density at radius 2 is 2.19 bits per heavy atom. The Labute approximate surface area is 174 Å². The lowest BCUT2D eigenvalue weighted by molar-refractivity contribution is 0.210. The van der Waals surface area contributed by atoms with Crippen molar-refractivity contribution in [2.75, 3.05) is 40.3 Å². The molecule has 1 unspecified atom stereocenters. The molecule has 2 aromatic rings. The molecule has 2 heterocycles. The molecule has 3 rings (SSSR count). The van der Waals surface area contributed by atoms with Gasteiger partial charge in [0, 0.05) is 43.8 Å². The number of aryl methyl sites for hydroxylation is 1. The van der Waals surface area contributed by atoms with Gasteiger partial charge in [0.25, 0.3) is 0 Å². The predicted octanol–water partition coefficient (Wildman–Crippen LogP) is 3.14. The minimum atomic E-state index is 0. The van der Waals surface area contributed by atoms with Crippen LogP contribution in [0.1, 0.15) is 24.0 Å². The van der Waals surface area contributed by atoms with Crippen LogP contribution < -0.4 is 10.6 Å². The molecule has 1 aliphatic rings. The van der Waals surface area contributed by atoms with Crippen LogP contribution in [-0.4, -0.2) is 56.1 Å². The number of halogens is 1. The average Bonchev–Trinajstić information content (AvgIpc) is 3.02. The molecule has 0 spiro atoms. The Morgan fingerprint density at radius 1 is 1.35 bits per heavy atom. The number of likely N-dealkylation sites (tertiary alicyclic amines) is 1. The smallest absolute Gasteiger partial charge is 0.190 e. The minimum Gasteiger partial charge on any atom is -0.361 e. The normalized spacial score (nSPS) is 18.6. The van der Waals surface area contributed by atoms with E-state index in [-0.39, 0.29) is 24.0 Å². The van der Waals surface area contributed by atoms with Crippen molar-refractivity contribution in [1.29, 1.82) is 0 Å². The molecule has 0 amide bonds. The highest BCUT2D eigenvalue weighted by molar-refractivity contribution is 14.0. The van der Waals surface area contributed by atoms with E-state index in [4.69, 9.17) is 0 Å². The van der Waals surface area contributed by atoms with Gasteiger partial charge >= 0.3 is 0 Å². The number of rotatable bonds is 5. The molecule has 0 radical (unpaired) electrons. The molecule has 1 atom stereocenters. The van der Waals surface area contributed by atoms with Crippen LogP contribution in [0.25, 0.3) is 10.9 Å². The predicted molar refractivity (Wildman–Crippen MR) is 122 cm³/mol. The van der Waals surface area contributed by atoms with Crippen molar-refractivity contribution in [3.63, 3.8) is 0 Å². The fourth-order valence-electron chi connectivity index (χ4n) is 3.87. The first kappa shape index (κ1) is 21.0. The largest absolute Gasteiger partial charge is 0.361 e. The molecule has 0 saturated carbocycles. The molecule has 0 aliphatic carbocycles. The number of nitrogens with one attached hydrogen (secondary N) is 3. The van der Waals surface area contributed by atoms with Gasteiger partial charge in [0.1, 0.15) is 0 Å². The first-order valence-electron chi connectivity index (χ1n) is 9.36. The zero-order valence-electron chi connectivity index (χ0n) is 16.1. The van der Waals surface area contributed by atoms with Crippen molar-refractivity contribution >= 4 is 40.8 Å². The summed E-state index contributed by atoms with van der Waals surface area (Å²) in [6, 6.07) is 6.42. The number of hydrogen-bond acceptors (Lipinski definition) is 2. The molecule has 1 aromatic carbocycles. The summed E-state index contributed by atoms with van der Waals surface area (Å²) >= 11 is 0. The van der Waals surface area contributed by atoms with Gasteiger partial charge in [0.05, 0.1) is 0 Å². The third kappa shape index (κ3) is 5.36. The fourth-order valence-corrected chi connectivity index (χ4v) is 3.87. The van der Waals surface area contributed by atoms with Gasteiger partial charge in [-0.1, -0.05) is 12.1 Å². The summed E-state index contributed by atoms with van der Waals surface area (Å²) in [5, 5.41) is 8.31. The Balaban J connectivity index is 0.00000243. The maximum Gasteiger partial charge on any atom is 0.190 e. The molecule has 26 heavy (non-hydrogen) atoms. The highest BCUT2D eigenvalue weighted by atomic mass is 127. The van der Waals surface area contributed by atoms with E-state index in [0.29, 0.717) is 5.92 Å². The first-order chi connectivity index (χ1) is 12.2. The summed E-state index contributed by atoms with van der Waals surface area (Å²) in [7, 11) is 4.06. The third-order valence-corrected chi connectivity index (χ3v) is 5.19. The van der Waals surface area contributed by atoms with Gasteiger partial charge in [-0.05, 0) is 62.9 Å². The number of aromatic amines is 1. The molecule has 6 heteroatoms. The second kappa shape index (κ2) is 10.2. The SMILES string of the molecule is CN=C(NCCc1c[nH]c2cccc(C)c12)NCC1CCCN(C)C1.I.